The molecule has 114 valence electrons. The Labute approximate surface area is 129 Å². The van der Waals surface area contributed by atoms with Crippen molar-refractivity contribution >= 4 is 5.69 Å². The Morgan fingerprint density at radius 2 is 1.81 bits per heavy atom. The van der Waals surface area contributed by atoms with Crippen LogP contribution in [-0.4, -0.2) is 12.1 Å². The Bertz CT molecular complexity index is 482. The highest BCUT2D eigenvalue weighted by molar-refractivity contribution is 5.50. The molecule has 0 radical (unpaired) electrons. The van der Waals surface area contributed by atoms with E-state index in [4.69, 9.17) is 0 Å². The standard InChI is InChI=1S/C20H29N/c1-3-8-18-19-13-16-11-14(17(19)4-2)12-20(18)21(16)15-9-6-5-7-10-15/h5-7,9-10,14,16-20H,3-4,8,11-13H2,1-2H3. The predicted molar refractivity (Wildman–Crippen MR) is 89.5 cm³/mol. The van der Waals surface area contributed by atoms with Gasteiger partial charge in [0, 0.05) is 17.8 Å². The van der Waals surface area contributed by atoms with E-state index in [0.717, 1.165) is 35.8 Å². The molecule has 4 aliphatic rings. The van der Waals surface area contributed by atoms with Gasteiger partial charge in [0.15, 0.2) is 0 Å². The molecule has 2 heterocycles. The quantitative estimate of drug-likeness (QED) is 0.741. The SMILES string of the molecule is CCCC1C2CC3CC(CC1N3c1ccccc1)C2CC. The Morgan fingerprint density at radius 3 is 2.52 bits per heavy atom. The minimum atomic E-state index is 0.831. The van der Waals surface area contributed by atoms with Crippen LogP contribution < -0.4 is 4.90 Å². The third kappa shape index (κ3) is 2.04. The number of hydrogen-bond acceptors (Lipinski definition) is 1. The lowest BCUT2D eigenvalue weighted by Crippen LogP contribution is -2.65. The average molecular weight is 283 g/mol. The second-order valence-corrected chi connectivity index (χ2v) is 7.62. The van der Waals surface area contributed by atoms with Gasteiger partial charge in [-0.2, -0.15) is 0 Å². The number of anilines is 1. The van der Waals surface area contributed by atoms with Gasteiger partial charge in [0.2, 0.25) is 0 Å². The maximum atomic E-state index is 2.83. The van der Waals surface area contributed by atoms with Gasteiger partial charge in [0.25, 0.3) is 0 Å². The first-order valence-corrected chi connectivity index (χ1v) is 9.16. The molecule has 6 unspecified atom stereocenters. The second kappa shape index (κ2) is 5.34. The van der Waals surface area contributed by atoms with Gasteiger partial charge in [0.05, 0.1) is 0 Å². The van der Waals surface area contributed by atoms with Crippen LogP contribution >= 0.6 is 0 Å². The Balaban J connectivity index is 1.68. The van der Waals surface area contributed by atoms with Gasteiger partial charge < -0.3 is 4.90 Å². The van der Waals surface area contributed by atoms with Crippen molar-refractivity contribution in [3.05, 3.63) is 30.3 Å². The molecular formula is C20H29N. The first kappa shape index (κ1) is 13.7. The van der Waals surface area contributed by atoms with Crippen LogP contribution in [0.1, 0.15) is 52.4 Å². The molecule has 0 N–H and O–H groups in total. The van der Waals surface area contributed by atoms with Gasteiger partial charge in [-0.05, 0) is 61.5 Å². The first-order chi connectivity index (χ1) is 10.3. The Morgan fingerprint density at radius 1 is 1.00 bits per heavy atom. The Kier molecular flexibility index (Phi) is 3.47. The van der Waals surface area contributed by atoms with E-state index in [2.05, 4.69) is 49.1 Å². The molecule has 4 bridgehead atoms. The molecule has 21 heavy (non-hydrogen) atoms. The average Bonchev–Trinajstić information content (AvgIpc) is 2.51. The largest absolute Gasteiger partial charge is 0.365 e. The molecule has 4 fully saturated rings. The summed E-state index contributed by atoms with van der Waals surface area (Å²) < 4.78 is 0. The molecule has 5 rings (SSSR count). The number of nitrogens with zero attached hydrogens (tertiary/aromatic N) is 1. The number of benzene rings is 1. The van der Waals surface area contributed by atoms with Crippen LogP contribution in [0, 0.1) is 23.7 Å². The van der Waals surface area contributed by atoms with Gasteiger partial charge in [-0.15, -0.1) is 0 Å². The van der Waals surface area contributed by atoms with E-state index in [9.17, 15) is 0 Å². The van der Waals surface area contributed by atoms with E-state index in [1.807, 2.05) is 0 Å². The van der Waals surface area contributed by atoms with Gasteiger partial charge in [-0.3, -0.25) is 0 Å². The summed E-state index contributed by atoms with van der Waals surface area (Å²) >= 11 is 0. The van der Waals surface area contributed by atoms with Gasteiger partial charge >= 0.3 is 0 Å². The molecule has 2 aliphatic heterocycles. The van der Waals surface area contributed by atoms with Crippen LogP contribution in [0.15, 0.2) is 30.3 Å². The van der Waals surface area contributed by atoms with Crippen molar-refractivity contribution in [3.63, 3.8) is 0 Å². The van der Waals surface area contributed by atoms with E-state index in [1.54, 1.807) is 0 Å². The van der Waals surface area contributed by atoms with Crippen LogP contribution in [0.2, 0.25) is 0 Å². The topological polar surface area (TPSA) is 3.24 Å². The minimum absolute atomic E-state index is 0.831. The van der Waals surface area contributed by atoms with Crippen molar-refractivity contribution in [2.45, 2.75) is 64.5 Å². The van der Waals surface area contributed by atoms with E-state index in [1.165, 1.54) is 44.2 Å². The number of hydrogen-bond donors (Lipinski definition) is 0. The molecular weight excluding hydrogens is 254 g/mol. The highest BCUT2D eigenvalue weighted by atomic mass is 15.2. The lowest BCUT2D eigenvalue weighted by molar-refractivity contribution is -0.0343. The summed E-state index contributed by atoms with van der Waals surface area (Å²) in [6.45, 7) is 4.81. The molecule has 6 atom stereocenters. The van der Waals surface area contributed by atoms with Crippen molar-refractivity contribution in [1.82, 2.24) is 0 Å². The van der Waals surface area contributed by atoms with Crippen molar-refractivity contribution < 1.29 is 0 Å². The van der Waals surface area contributed by atoms with Crippen molar-refractivity contribution in [1.29, 1.82) is 0 Å². The molecule has 2 saturated carbocycles. The number of piperidine rings is 2. The predicted octanol–water partition coefficient (Wildman–Crippen LogP) is 5.12. The van der Waals surface area contributed by atoms with Crippen LogP contribution in [0.5, 0.6) is 0 Å². The van der Waals surface area contributed by atoms with Gasteiger partial charge in [0.1, 0.15) is 0 Å². The van der Waals surface area contributed by atoms with Crippen LogP contribution in [0.4, 0.5) is 5.69 Å². The second-order valence-electron chi connectivity index (χ2n) is 7.62. The molecule has 0 aromatic heterocycles. The summed E-state index contributed by atoms with van der Waals surface area (Å²) in [7, 11) is 0. The molecule has 1 nitrogen and oxygen atoms in total. The van der Waals surface area contributed by atoms with E-state index < -0.39 is 0 Å². The molecule has 1 aromatic rings. The zero-order valence-corrected chi connectivity index (χ0v) is 13.5. The summed E-state index contributed by atoms with van der Waals surface area (Å²) in [5.41, 5.74) is 1.49. The summed E-state index contributed by atoms with van der Waals surface area (Å²) in [4.78, 5) is 2.83. The Hall–Kier alpha value is -0.980. The highest BCUT2D eigenvalue weighted by Gasteiger charge is 2.55. The monoisotopic (exact) mass is 283 g/mol. The maximum Gasteiger partial charge on any atom is 0.0371 e. The van der Waals surface area contributed by atoms with Crippen molar-refractivity contribution in [2.75, 3.05) is 4.90 Å². The molecule has 0 spiro atoms. The third-order valence-electron chi connectivity index (χ3n) is 6.76. The van der Waals surface area contributed by atoms with Gasteiger partial charge in [-0.25, -0.2) is 0 Å². The fraction of sp³-hybridized carbons (Fsp3) is 0.700. The van der Waals surface area contributed by atoms with Crippen LogP contribution in [0.3, 0.4) is 0 Å². The van der Waals surface area contributed by atoms with E-state index in [0.29, 0.717) is 0 Å². The summed E-state index contributed by atoms with van der Waals surface area (Å²) in [5.74, 6) is 4.04. The normalized spacial score (nSPS) is 40.8. The lowest BCUT2D eigenvalue weighted by Gasteiger charge is -2.64. The first-order valence-electron chi connectivity index (χ1n) is 9.16. The fourth-order valence-electron chi connectivity index (χ4n) is 6.19. The van der Waals surface area contributed by atoms with Crippen LogP contribution in [0.25, 0.3) is 0 Å². The fourth-order valence-corrected chi connectivity index (χ4v) is 6.19. The minimum Gasteiger partial charge on any atom is -0.365 e. The molecule has 0 amide bonds. The van der Waals surface area contributed by atoms with Crippen molar-refractivity contribution in [3.8, 4) is 0 Å². The zero-order chi connectivity index (χ0) is 14.4. The molecule has 2 saturated heterocycles. The molecule has 1 heteroatoms. The molecule has 2 aliphatic carbocycles. The smallest absolute Gasteiger partial charge is 0.0371 e. The zero-order valence-electron chi connectivity index (χ0n) is 13.5. The molecule has 1 aromatic carbocycles. The van der Waals surface area contributed by atoms with Crippen molar-refractivity contribution in [2.24, 2.45) is 23.7 Å². The number of rotatable bonds is 4. The summed E-state index contributed by atoms with van der Waals surface area (Å²) in [6, 6.07) is 12.9. The highest BCUT2D eigenvalue weighted by Crippen LogP contribution is 2.57. The van der Waals surface area contributed by atoms with Crippen LogP contribution in [-0.2, 0) is 0 Å². The third-order valence-corrected chi connectivity index (χ3v) is 6.76. The number of para-hydroxylation sites is 1. The van der Waals surface area contributed by atoms with E-state index in [-0.39, 0.29) is 0 Å². The summed E-state index contributed by atoms with van der Waals surface area (Å²) in [5, 5.41) is 0. The lowest BCUT2D eigenvalue weighted by atomic mass is 9.52. The van der Waals surface area contributed by atoms with E-state index >= 15 is 0 Å². The maximum absolute atomic E-state index is 2.83. The van der Waals surface area contributed by atoms with Gasteiger partial charge in [-0.1, -0.05) is 44.9 Å². The summed E-state index contributed by atoms with van der Waals surface area (Å²) in [6.07, 6.45) is 8.59.